The number of rotatable bonds is 6. The van der Waals surface area contributed by atoms with Crippen LogP contribution in [0.4, 0.5) is 13.2 Å². The highest BCUT2D eigenvalue weighted by atomic mass is 32.2. The molecule has 1 N–H and O–H groups in total. The highest BCUT2D eigenvalue weighted by Crippen LogP contribution is 2.56. The number of halogens is 3. The maximum atomic E-state index is 12.1. The van der Waals surface area contributed by atoms with E-state index in [4.69, 9.17) is 0 Å². The molecule has 0 aliphatic heterocycles. The van der Waals surface area contributed by atoms with E-state index >= 15 is 0 Å². The number of alkyl halides is 3. The normalized spacial score (nSPS) is 14.1. The van der Waals surface area contributed by atoms with Gasteiger partial charge in [0.25, 0.3) is 0 Å². The Bertz CT molecular complexity index is 303. The third-order valence-corrected chi connectivity index (χ3v) is 9.11. The molecule has 0 aromatic rings. The standard InChI is InChI=1S/C8H18F3NO2PS/c1-4-15(5-2,6-3)7-12-16(13,14)8(9,10)11/h12H,4-7H2,1-3H3/q+1. The van der Waals surface area contributed by atoms with Gasteiger partial charge in [0, 0.05) is 7.26 Å². The zero-order valence-electron chi connectivity index (χ0n) is 9.63. The van der Waals surface area contributed by atoms with Gasteiger partial charge in [-0.1, -0.05) is 0 Å². The topological polar surface area (TPSA) is 46.2 Å². The Morgan fingerprint density at radius 2 is 1.44 bits per heavy atom. The summed E-state index contributed by atoms with van der Waals surface area (Å²) in [5, 5.41) is 0. The minimum Gasteiger partial charge on any atom is -0.203 e. The third-order valence-electron chi connectivity index (χ3n) is 2.91. The molecular formula is C8H18F3NO2PS+. The average molecular weight is 280 g/mol. The number of sulfonamides is 1. The fraction of sp³-hybridized carbons (Fsp3) is 1.00. The van der Waals surface area contributed by atoms with Gasteiger partial charge >= 0.3 is 15.5 Å². The van der Waals surface area contributed by atoms with Crippen molar-refractivity contribution in [3.63, 3.8) is 0 Å². The lowest BCUT2D eigenvalue weighted by atomic mass is 10.9. The van der Waals surface area contributed by atoms with Crippen LogP contribution in [-0.4, -0.2) is 38.7 Å². The molecule has 0 aromatic heterocycles. The molecule has 0 spiro atoms. The first-order valence-corrected chi connectivity index (χ1v) is 9.06. The average Bonchev–Trinajstić information content (AvgIpc) is 2.19. The van der Waals surface area contributed by atoms with Crippen molar-refractivity contribution in [1.29, 1.82) is 0 Å². The fourth-order valence-corrected chi connectivity index (χ4v) is 5.26. The van der Waals surface area contributed by atoms with E-state index in [-0.39, 0.29) is 6.29 Å². The van der Waals surface area contributed by atoms with Gasteiger partial charge in [-0.3, -0.25) is 0 Å². The van der Waals surface area contributed by atoms with Crippen LogP contribution in [0.15, 0.2) is 0 Å². The first-order chi connectivity index (χ1) is 7.14. The summed E-state index contributed by atoms with van der Waals surface area (Å²) < 4.78 is 59.6. The van der Waals surface area contributed by atoms with Crippen molar-refractivity contribution in [2.45, 2.75) is 26.3 Å². The lowest BCUT2D eigenvalue weighted by molar-refractivity contribution is -0.0446. The summed E-state index contributed by atoms with van der Waals surface area (Å²) >= 11 is 0. The first-order valence-electron chi connectivity index (χ1n) is 5.05. The van der Waals surface area contributed by atoms with Crippen molar-refractivity contribution in [2.75, 3.05) is 24.8 Å². The second-order valence-corrected chi connectivity index (χ2v) is 10.2. The first kappa shape index (κ1) is 16.1. The van der Waals surface area contributed by atoms with E-state index in [9.17, 15) is 21.6 Å². The van der Waals surface area contributed by atoms with Crippen molar-refractivity contribution in [2.24, 2.45) is 0 Å². The van der Waals surface area contributed by atoms with Crippen molar-refractivity contribution in [1.82, 2.24) is 4.72 Å². The molecule has 0 atom stereocenters. The predicted molar refractivity (Wildman–Crippen MR) is 61.5 cm³/mol. The second-order valence-electron chi connectivity index (χ2n) is 3.54. The number of hydrogen-bond donors (Lipinski definition) is 1. The van der Waals surface area contributed by atoms with Crippen LogP contribution in [-0.2, 0) is 10.0 Å². The molecule has 0 unspecified atom stereocenters. The van der Waals surface area contributed by atoms with Crippen molar-refractivity contribution >= 4 is 17.3 Å². The van der Waals surface area contributed by atoms with Gasteiger partial charge in [0.05, 0.1) is 18.5 Å². The van der Waals surface area contributed by atoms with Crippen LogP contribution in [0.3, 0.4) is 0 Å². The molecule has 0 fully saturated rings. The Balaban J connectivity index is 4.68. The molecule has 0 bridgehead atoms. The van der Waals surface area contributed by atoms with E-state index in [0.29, 0.717) is 0 Å². The maximum absolute atomic E-state index is 12.1. The van der Waals surface area contributed by atoms with Gasteiger partial charge in [-0.25, -0.2) is 8.42 Å². The molecule has 3 nitrogen and oxygen atoms in total. The summed E-state index contributed by atoms with van der Waals surface area (Å²) in [5.41, 5.74) is -5.21. The smallest absolute Gasteiger partial charge is 0.203 e. The molecule has 8 heteroatoms. The van der Waals surface area contributed by atoms with Crippen LogP contribution in [0.1, 0.15) is 20.8 Å². The summed E-state index contributed by atoms with van der Waals surface area (Å²) in [7, 11) is -6.78. The van der Waals surface area contributed by atoms with Crippen LogP contribution < -0.4 is 4.72 Å². The molecule has 0 radical (unpaired) electrons. The quantitative estimate of drug-likeness (QED) is 0.760. The van der Waals surface area contributed by atoms with E-state index in [1.807, 2.05) is 20.8 Å². The summed E-state index contributed by atoms with van der Waals surface area (Å²) in [6, 6.07) is 0. The van der Waals surface area contributed by atoms with Crippen LogP contribution in [0.25, 0.3) is 0 Å². The highest BCUT2D eigenvalue weighted by molar-refractivity contribution is 7.91. The second kappa shape index (κ2) is 5.65. The van der Waals surface area contributed by atoms with E-state index in [1.165, 1.54) is 0 Å². The lowest BCUT2D eigenvalue weighted by Gasteiger charge is -2.23. The Labute approximate surface area is 95.2 Å². The van der Waals surface area contributed by atoms with E-state index in [0.717, 1.165) is 18.5 Å². The molecule has 98 valence electrons. The van der Waals surface area contributed by atoms with Gasteiger partial charge in [0.15, 0.2) is 0 Å². The molecule has 0 saturated carbocycles. The molecule has 0 aromatic carbocycles. The van der Waals surface area contributed by atoms with Crippen LogP contribution >= 0.6 is 7.26 Å². The largest absolute Gasteiger partial charge is 0.511 e. The van der Waals surface area contributed by atoms with E-state index < -0.39 is 22.8 Å². The van der Waals surface area contributed by atoms with E-state index in [1.54, 1.807) is 4.72 Å². The predicted octanol–water partition coefficient (Wildman–Crippen LogP) is 2.46. The fourth-order valence-electron chi connectivity index (χ4n) is 1.31. The third kappa shape index (κ3) is 3.86. The van der Waals surface area contributed by atoms with Crippen LogP contribution in [0.2, 0.25) is 0 Å². The maximum Gasteiger partial charge on any atom is 0.511 e. The number of hydrogen-bond acceptors (Lipinski definition) is 2. The lowest BCUT2D eigenvalue weighted by Crippen LogP contribution is -2.38. The highest BCUT2D eigenvalue weighted by Gasteiger charge is 2.47. The Hall–Kier alpha value is 0.130. The van der Waals surface area contributed by atoms with Gasteiger partial charge in [-0.2, -0.15) is 17.9 Å². The zero-order chi connectivity index (χ0) is 13.0. The van der Waals surface area contributed by atoms with Gasteiger partial charge in [-0.15, -0.1) is 0 Å². The molecule has 0 saturated heterocycles. The molecule has 0 aliphatic rings. The Morgan fingerprint density at radius 3 is 1.69 bits per heavy atom. The molecular weight excluding hydrogens is 262 g/mol. The van der Waals surface area contributed by atoms with Crippen molar-refractivity contribution in [3.05, 3.63) is 0 Å². The van der Waals surface area contributed by atoms with E-state index in [2.05, 4.69) is 0 Å². The summed E-state index contributed by atoms with van der Waals surface area (Å²) in [6.07, 6.45) is 2.19. The van der Waals surface area contributed by atoms with Gasteiger partial charge < -0.3 is 0 Å². The molecule has 0 rings (SSSR count). The van der Waals surface area contributed by atoms with Gasteiger partial charge in [0.2, 0.25) is 0 Å². The monoisotopic (exact) mass is 280 g/mol. The molecule has 0 heterocycles. The van der Waals surface area contributed by atoms with Crippen LogP contribution in [0, 0.1) is 0 Å². The minimum atomic E-state index is -5.21. The van der Waals surface area contributed by atoms with Crippen molar-refractivity contribution < 1.29 is 21.6 Å². The number of nitrogens with one attached hydrogen (secondary N) is 1. The zero-order valence-corrected chi connectivity index (χ0v) is 11.3. The SMILES string of the molecule is CC[P+](CC)(CC)CNS(=O)(=O)C(F)(F)F. The minimum absolute atomic E-state index is 0.0572. The van der Waals surface area contributed by atoms with Gasteiger partial charge in [0.1, 0.15) is 6.29 Å². The molecule has 0 amide bonds. The molecule has 0 aliphatic carbocycles. The Morgan fingerprint density at radius 1 is 1.06 bits per heavy atom. The van der Waals surface area contributed by atoms with Gasteiger partial charge in [-0.05, 0) is 20.8 Å². The summed E-state index contributed by atoms with van der Waals surface area (Å²) in [6.45, 7) is 5.67. The van der Waals surface area contributed by atoms with Crippen molar-refractivity contribution in [3.8, 4) is 0 Å². The summed E-state index contributed by atoms with van der Waals surface area (Å²) in [5.74, 6) is 0. The Kier molecular flexibility index (Phi) is 5.69. The molecule has 16 heavy (non-hydrogen) atoms. The van der Waals surface area contributed by atoms with Crippen LogP contribution in [0.5, 0.6) is 0 Å². The summed E-state index contributed by atoms with van der Waals surface area (Å²) in [4.78, 5) is 0.